The van der Waals surface area contributed by atoms with Crippen LogP contribution in [0.3, 0.4) is 0 Å². The van der Waals surface area contributed by atoms with Gasteiger partial charge in [-0.3, -0.25) is 0 Å². The molecule has 0 aliphatic carbocycles. The van der Waals surface area contributed by atoms with Gasteiger partial charge in [-0.25, -0.2) is 17.8 Å². The van der Waals surface area contributed by atoms with Gasteiger partial charge >= 0.3 is 0 Å². The average Bonchev–Trinajstić information content (AvgIpc) is 3.41. The van der Waals surface area contributed by atoms with Crippen LogP contribution in [0.2, 0.25) is 0 Å². The number of piperidine rings is 1. The van der Waals surface area contributed by atoms with Crippen LogP contribution in [0.25, 0.3) is 10.2 Å². The van der Waals surface area contributed by atoms with Crippen molar-refractivity contribution in [3.05, 3.63) is 48.5 Å². The number of hydrogen-bond acceptors (Lipinski definition) is 7. The smallest absolute Gasteiger partial charge is 0.245 e. The summed E-state index contributed by atoms with van der Waals surface area (Å²) in [5.41, 5.74) is -0.660. The highest BCUT2D eigenvalue weighted by Crippen LogP contribution is 2.42. The third-order valence-corrected chi connectivity index (χ3v) is 8.88. The van der Waals surface area contributed by atoms with Crippen molar-refractivity contribution >= 4 is 36.7 Å². The van der Waals surface area contributed by atoms with Gasteiger partial charge in [0.2, 0.25) is 10.0 Å². The van der Waals surface area contributed by atoms with Crippen molar-refractivity contribution in [3.63, 3.8) is 0 Å². The first-order valence-corrected chi connectivity index (χ1v) is 12.3. The van der Waals surface area contributed by atoms with Gasteiger partial charge in [0.15, 0.2) is 17.0 Å². The Hall–Kier alpha value is -2.27. The fraction of sp³-hybridized carbons (Fsp3) is 0.381. The Morgan fingerprint density at radius 3 is 2.77 bits per heavy atom. The molecular formula is C21H22FN3O4S2. The van der Waals surface area contributed by atoms with Gasteiger partial charge in [0.05, 0.1) is 35.4 Å². The molecule has 2 unspecified atom stereocenters. The van der Waals surface area contributed by atoms with E-state index in [2.05, 4.69) is 4.98 Å². The molecule has 0 radical (unpaired) electrons. The topological polar surface area (TPSA) is 72.0 Å². The van der Waals surface area contributed by atoms with E-state index in [1.165, 1.54) is 27.8 Å². The van der Waals surface area contributed by atoms with Crippen molar-refractivity contribution in [1.29, 1.82) is 0 Å². The highest BCUT2D eigenvalue weighted by Gasteiger charge is 2.57. The van der Waals surface area contributed by atoms with E-state index in [-0.39, 0.29) is 31.0 Å². The molecule has 3 aromatic rings. The zero-order valence-corrected chi connectivity index (χ0v) is 18.5. The minimum absolute atomic E-state index is 0.0117. The zero-order chi connectivity index (χ0) is 21.6. The monoisotopic (exact) mass is 463 g/mol. The predicted octanol–water partition coefficient (Wildman–Crippen LogP) is 3.27. The van der Waals surface area contributed by atoms with Gasteiger partial charge in [0.1, 0.15) is 5.75 Å². The number of alkyl halides is 1. The molecule has 7 nitrogen and oxygen atoms in total. The lowest BCUT2D eigenvalue weighted by Gasteiger charge is -2.44. The molecule has 2 aromatic carbocycles. The van der Waals surface area contributed by atoms with Gasteiger partial charge in [-0.05, 0) is 30.3 Å². The predicted molar refractivity (Wildman–Crippen MR) is 117 cm³/mol. The first-order valence-electron chi connectivity index (χ1n) is 9.99. The molecule has 2 aliphatic rings. The number of nitrogens with zero attached hydrogens (tertiary/aromatic N) is 3. The van der Waals surface area contributed by atoms with Crippen LogP contribution >= 0.6 is 11.3 Å². The summed E-state index contributed by atoms with van der Waals surface area (Å²) in [5, 5.41) is 0.705. The molecule has 0 saturated carbocycles. The molecule has 3 heterocycles. The first kappa shape index (κ1) is 20.6. The zero-order valence-electron chi connectivity index (χ0n) is 16.9. The van der Waals surface area contributed by atoms with E-state index >= 15 is 4.39 Å². The molecule has 2 aliphatic heterocycles. The standard InChI is InChI=1S/C21H22FN3O4S2/c1-28-15-7-8-17-18(13-15)30-20(23-17)24-10-9-21(19(22)14-24)25(11-12-29-21)31(26,27)16-5-3-2-4-6-16/h2-8,13,19H,9-12,14H2,1H3. The summed E-state index contributed by atoms with van der Waals surface area (Å²) in [6.07, 6.45) is -1.29. The number of hydrogen-bond donors (Lipinski definition) is 0. The Morgan fingerprint density at radius 2 is 2.03 bits per heavy atom. The second-order valence-electron chi connectivity index (χ2n) is 7.58. The molecule has 0 bridgehead atoms. The summed E-state index contributed by atoms with van der Waals surface area (Å²) >= 11 is 1.47. The Labute approximate surface area is 184 Å². The Kier molecular flexibility index (Phi) is 5.12. The average molecular weight is 464 g/mol. The lowest BCUT2D eigenvalue weighted by atomic mass is 9.99. The van der Waals surface area contributed by atoms with Crippen LogP contribution in [0.5, 0.6) is 5.75 Å². The van der Waals surface area contributed by atoms with Crippen LogP contribution in [0, 0.1) is 0 Å². The number of methoxy groups -OCH3 is 1. The highest BCUT2D eigenvalue weighted by atomic mass is 32.2. The number of rotatable bonds is 4. The van der Waals surface area contributed by atoms with Crippen molar-refractivity contribution in [2.24, 2.45) is 0 Å². The fourth-order valence-electron chi connectivity index (χ4n) is 4.26. The maximum atomic E-state index is 15.6. The number of thiazole rings is 1. The second-order valence-corrected chi connectivity index (χ2v) is 10.4. The Bertz CT molecular complexity index is 1200. The number of aromatic nitrogens is 1. The highest BCUT2D eigenvalue weighted by molar-refractivity contribution is 7.89. The van der Waals surface area contributed by atoms with E-state index in [0.717, 1.165) is 16.0 Å². The van der Waals surface area contributed by atoms with Gasteiger partial charge in [0, 0.05) is 19.5 Å². The second kappa shape index (κ2) is 7.70. The van der Waals surface area contributed by atoms with Gasteiger partial charge in [-0.1, -0.05) is 29.5 Å². The molecular weight excluding hydrogens is 441 g/mol. The Balaban J connectivity index is 1.41. The van der Waals surface area contributed by atoms with Gasteiger partial charge < -0.3 is 14.4 Å². The molecule has 5 rings (SSSR count). The van der Waals surface area contributed by atoms with Crippen molar-refractivity contribution in [1.82, 2.24) is 9.29 Å². The lowest BCUT2D eigenvalue weighted by Crippen LogP contribution is -2.62. The molecule has 0 amide bonds. The summed E-state index contributed by atoms with van der Waals surface area (Å²) in [5.74, 6) is 0.741. The van der Waals surface area contributed by atoms with Crippen LogP contribution in [0.4, 0.5) is 9.52 Å². The van der Waals surface area contributed by atoms with Crippen molar-refractivity contribution in [2.45, 2.75) is 23.2 Å². The molecule has 2 atom stereocenters. The fourth-order valence-corrected chi connectivity index (χ4v) is 7.03. The van der Waals surface area contributed by atoms with Crippen LogP contribution < -0.4 is 9.64 Å². The molecule has 0 N–H and O–H groups in total. The first-order chi connectivity index (χ1) is 14.9. The molecule has 1 aromatic heterocycles. The van der Waals surface area contributed by atoms with Gasteiger partial charge in [-0.15, -0.1) is 0 Å². The molecule has 2 saturated heterocycles. The number of halogens is 1. The molecule has 2 fully saturated rings. The normalized spacial score (nSPS) is 24.8. The summed E-state index contributed by atoms with van der Waals surface area (Å²) in [4.78, 5) is 6.64. The van der Waals surface area contributed by atoms with E-state index in [1.54, 1.807) is 25.3 Å². The number of benzene rings is 2. The third-order valence-electron chi connectivity index (χ3n) is 5.86. The third kappa shape index (κ3) is 3.38. The lowest BCUT2D eigenvalue weighted by molar-refractivity contribution is -0.116. The van der Waals surface area contributed by atoms with Crippen molar-refractivity contribution in [3.8, 4) is 5.75 Å². The maximum Gasteiger partial charge on any atom is 0.245 e. The number of fused-ring (bicyclic) bond motifs is 1. The van der Waals surface area contributed by atoms with E-state index in [4.69, 9.17) is 9.47 Å². The number of anilines is 1. The van der Waals surface area contributed by atoms with E-state index in [0.29, 0.717) is 11.7 Å². The summed E-state index contributed by atoms with van der Waals surface area (Å²) in [6.45, 7) is 0.766. The number of sulfonamides is 1. The minimum Gasteiger partial charge on any atom is -0.497 e. The SMILES string of the molecule is COc1ccc2nc(N3CCC4(OCCN4S(=O)(=O)c4ccccc4)C(F)C3)sc2c1. The van der Waals surface area contributed by atoms with Gasteiger partial charge in [-0.2, -0.15) is 4.31 Å². The van der Waals surface area contributed by atoms with Crippen LogP contribution in [-0.2, 0) is 14.8 Å². The van der Waals surface area contributed by atoms with E-state index in [1.807, 2.05) is 23.1 Å². The van der Waals surface area contributed by atoms with Gasteiger partial charge in [0.25, 0.3) is 0 Å². The summed E-state index contributed by atoms with van der Waals surface area (Å²) in [7, 11) is -2.26. The van der Waals surface area contributed by atoms with Crippen LogP contribution in [-0.4, -0.2) is 63.0 Å². The number of ether oxygens (including phenoxy) is 2. The molecule has 10 heteroatoms. The van der Waals surface area contributed by atoms with E-state index in [9.17, 15) is 8.42 Å². The minimum atomic E-state index is -3.87. The summed E-state index contributed by atoms with van der Waals surface area (Å²) in [6, 6.07) is 13.7. The van der Waals surface area contributed by atoms with Crippen molar-refractivity contribution in [2.75, 3.05) is 38.3 Å². The summed E-state index contributed by atoms with van der Waals surface area (Å²) < 4.78 is 55.3. The Morgan fingerprint density at radius 1 is 1.23 bits per heavy atom. The molecule has 31 heavy (non-hydrogen) atoms. The van der Waals surface area contributed by atoms with Crippen molar-refractivity contribution < 1.29 is 22.3 Å². The largest absolute Gasteiger partial charge is 0.497 e. The van der Waals surface area contributed by atoms with E-state index < -0.39 is 21.9 Å². The van der Waals surface area contributed by atoms with Crippen LogP contribution in [0.1, 0.15) is 6.42 Å². The quantitative estimate of drug-likeness (QED) is 0.592. The van der Waals surface area contributed by atoms with Crippen LogP contribution in [0.15, 0.2) is 53.4 Å². The molecule has 1 spiro atoms. The maximum absolute atomic E-state index is 15.6. The molecule has 164 valence electrons.